The van der Waals surface area contributed by atoms with Gasteiger partial charge in [-0.3, -0.25) is 0 Å². The quantitative estimate of drug-likeness (QED) is 0.916. The van der Waals surface area contributed by atoms with Crippen LogP contribution in [0.2, 0.25) is 0 Å². The predicted octanol–water partition coefficient (Wildman–Crippen LogP) is 3.59. The minimum atomic E-state index is 0.369. The fourth-order valence-corrected chi connectivity index (χ4v) is 3.71. The summed E-state index contributed by atoms with van der Waals surface area (Å²) >= 11 is 0. The molecule has 0 bridgehead atoms. The van der Waals surface area contributed by atoms with Gasteiger partial charge in [-0.25, -0.2) is 0 Å². The van der Waals surface area contributed by atoms with E-state index in [2.05, 4.69) is 41.4 Å². The van der Waals surface area contributed by atoms with Crippen molar-refractivity contribution in [2.45, 2.75) is 51.0 Å². The summed E-state index contributed by atoms with van der Waals surface area (Å²) in [6.45, 7) is 6.31. The van der Waals surface area contributed by atoms with E-state index in [4.69, 9.17) is 4.74 Å². The van der Waals surface area contributed by atoms with Gasteiger partial charge in [0.1, 0.15) is 5.75 Å². The fourth-order valence-electron chi connectivity index (χ4n) is 3.71. The second-order valence-corrected chi connectivity index (χ2v) is 6.53. The number of nitrogens with one attached hydrogen (secondary N) is 1. The van der Waals surface area contributed by atoms with Gasteiger partial charge in [-0.05, 0) is 43.5 Å². The van der Waals surface area contributed by atoms with Gasteiger partial charge in [0, 0.05) is 30.9 Å². The van der Waals surface area contributed by atoms with Crippen molar-refractivity contribution in [2.75, 3.05) is 31.1 Å². The molecule has 1 aliphatic carbocycles. The van der Waals surface area contributed by atoms with Gasteiger partial charge in [-0.15, -0.1) is 0 Å². The van der Waals surface area contributed by atoms with Crippen LogP contribution in [-0.2, 0) is 0 Å². The van der Waals surface area contributed by atoms with Crippen molar-refractivity contribution < 1.29 is 4.74 Å². The molecule has 1 aromatic carbocycles. The Balaban J connectivity index is 1.65. The molecule has 0 amide bonds. The Morgan fingerprint density at radius 1 is 1.14 bits per heavy atom. The molecule has 2 aliphatic rings. The minimum absolute atomic E-state index is 0.369. The third-order valence-corrected chi connectivity index (χ3v) is 4.86. The Morgan fingerprint density at radius 2 is 1.90 bits per heavy atom. The third kappa shape index (κ3) is 3.52. The van der Waals surface area contributed by atoms with E-state index in [-0.39, 0.29) is 0 Å². The third-order valence-electron chi connectivity index (χ3n) is 4.86. The lowest BCUT2D eigenvalue weighted by Crippen LogP contribution is -2.61. The number of rotatable bonds is 4. The van der Waals surface area contributed by atoms with Gasteiger partial charge < -0.3 is 15.0 Å². The van der Waals surface area contributed by atoms with Crippen LogP contribution in [0.5, 0.6) is 5.75 Å². The molecule has 1 aliphatic heterocycles. The van der Waals surface area contributed by atoms with Gasteiger partial charge in [0.25, 0.3) is 0 Å². The molecule has 1 spiro atoms. The molecule has 116 valence electrons. The van der Waals surface area contributed by atoms with E-state index in [0.29, 0.717) is 5.54 Å². The highest BCUT2D eigenvalue weighted by molar-refractivity contribution is 5.50. The SMILES string of the molecule is CCCOc1ccc(N2CCNC3(CCCCC3)C2)cc1. The van der Waals surface area contributed by atoms with E-state index in [1.807, 2.05) is 0 Å². The normalized spacial score (nSPS) is 21.5. The molecular formula is C18H28N2O. The van der Waals surface area contributed by atoms with Gasteiger partial charge in [0.05, 0.1) is 6.61 Å². The average molecular weight is 288 g/mol. The van der Waals surface area contributed by atoms with Crippen molar-refractivity contribution in [2.24, 2.45) is 0 Å². The Labute approximate surface area is 128 Å². The van der Waals surface area contributed by atoms with E-state index < -0.39 is 0 Å². The second kappa shape index (κ2) is 6.69. The molecule has 1 N–H and O–H groups in total. The molecule has 21 heavy (non-hydrogen) atoms. The Kier molecular flexibility index (Phi) is 4.69. The first kappa shape index (κ1) is 14.7. The van der Waals surface area contributed by atoms with Crippen LogP contribution >= 0.6 is 0 Å². The first-order chi connectivity index (χ1) is 10.3. The van der Waals surface area contributed by atoms with Crippen molar-refractivity contribution in [3.63, 3.8) is 0 Å². The second-order valence-electron chi connectivity index (χ2n) is 6.53. The van der Waals surface area contributed by atoms with Gasteiger partial charge in [0.15, 0.2) is 0 Å². The van der Waals surface area contributed by atoms with Crippen molar-refractivity contribution in [3.05, 3.63) is 24.3 Å². The largest absolute Gasteiger partial charge is 0.494 e. The Morgan fingerprint density at radius 3 is 2.62 bits per heavy atom. The minimum Gasteiger partial charge on any atom is -0.494 e. The molecule has 3 rings (SSSR count). The van der Waals surface area contributed by atoms with Crippen LogP contribution in [0.1, 0.15) is 45.4 Å². The van der Waals surface area contributed by atoms with E-state index in [0.717, 1.165) is 38.4 Å². The highest BCUT2D eigenvalue weighted by Crippen LogP contribution is 2.32. The molecule has 0 aromatic heterocycles. The lowest BCUT2D eigenvalue weighted by Gasteiger charge is -2.47. The average Bonchev–Trinajstić information content (AvgIpc) is 2.54. The maximum Gasteiger partial charge on any atom is 0.119 e. The summed E-state index contributed by atoms with van der Waals surface area (Å²) in [7, 11) is 0. The smallest absolute Gasteiger partial charge is 0.119 e. The topological polar surface area (TPSA) is 24.5 Å². The number of hydrogen-bond acceptors (Lipinski definition) is 3. The van der Waals surface area contributed by atoms with E-state index in [9.17, 15) is 0 Å². The number of hydrogen-bond donors (Lipinski definition) is 1. The summed E-state index contributed by atoms with van der Waals surface area (Å²) < 4.78 is 5.68. The molecule has 2 fully saturated rings. The number of anilines is 1. The molecule has 1 saturated carbocycles. The summed E-state index contributed by atoms with van der Waals surface area (Å²) in [5.74, 6) is 0.989. The molecule has 0 atom stereocenters. The van der Waals surface area contributed by atoms with Crippen molar-refractivity contribution in [1.82, 2.24) is 5.32 Å². The highest BCUT2D eigenvalue weighted by atomic mass is 16.5. The lowest BCUT2D eigenvalue weighted by atomic mass is 9.80. The zero-order chi connectivity index (χ0) is 14.5. The van der Waals surface area contributed by atoms with Crippen molar-refractivity contribution in [3.8, 4) is 5.75 Å². The summed E-state index contributed by atoms with van der Waals surface area (Å²) in [6, 6.07) is 8.65. The predicted molar refractivity (Wildman–Crippen MR) is 88.3 cm³/mol. The van der Waals surface area contributed by atoms with Crippen molar-refractivity contribution in [1.29, 1.82) is 0 Å². The maximum atomic E-state index is 5.68. The van der Waals surface area contributed by atoms with Crippen LogP contribution in [0, 0.1) is 0 Å². The van der Waals surface area contributed by atoms with Crippen molar-refractivity contribution >= 4 is 5.69 Å². The molecular weight excluding hydrogens is 260 g/mol. The van der Waals surface area contributed by atoms with Crippen LogP contribution in [0.25, 0.3) is 0 Å². The Hall–Kier alpha value is -1.22. The first-order valence-corrected chi connectivity index (χ1v) is 8.54. The molecule has 3 heteroatoms. The van der Waals surface area contributed by atoms with Gasteiger partial charge in [-0.1, -0.05) is 26.2 Å². The number of nitrogens with zero attached hydrogens (tertiary/aromatic N) is 1. The number of ether oxygens (including phenoxy) is 1. The van der Waals surface area contributed by atoms with Gasteiger partial charge in [-0.2, -0.15) is 0 Å². The first-order valence-electron chi connectivity index (χ1n) is 8.54. The fraction of sp³-hybridized carbons (Fsp3) is 0.667. The molecule has 0 unspecified atom stereocenters. The zero-order valence-corrected chi connectivity index (χ0v) is 13.2. The van der Waals surface area contributed by atoms with Crippen LogP contribution in [0.15, 0.2) is 24.3 Å². The maximum absolute atomic E-state index is 5.68. The van der Waals surface area contributed by atoms with E-state index >= 15 is 0 Å². The zero-order valence-electron chi connectivity index (χ0n) is 13.2. The summed E-state index contributed by atoms with van der Waals surface area (Å²) in [4.78, 5) is 2.55. The number of benzene rings is 1. The molecule has 0 radical (unpaired) electrons. The summed E-state index contributed by atoms with van der Waals surface area (Å²) in [6.07, 6.45) is 7.90. The summed E-state index contributed by atoms with van der Waals surface area (Å²) in [5.41, 5.74) is 1.71. The molecule has 1 aromatic rings. The van der Waals surface area contributed by atoms with Gasteiger partial charge in [0.2, 0.25) is 0 Å². The number of piperazine rings is 1. The van der Waals surface area contributed by atoms with Crippen LogP contribution in [0.4, 0.5) is 5.69 Å². The molecule has 3 nitrogen and oxygen atoms in total. The highest BCUT2D eigenvalue weighted by Gasteiger charge is 2.36. The standard InChI is InChI=1S/C18H28N2O/c1-2-14-21-17-8-6-16(7-9-17)20-13-12-19-18(15-20)10-4-3-5-11-18/h6-9,19H,2-5,10-15H2,1H3. The monoisotopic (exact) mass is 288 g/mol. The van der Waals surface area contributed by atoms with E-state index in [1.54, 1.807) is 0 Å². The van der Waals surface area contributed by atoms with Crippen LogP contribution < -0.4 is 15.0 Å². The van der Waals surface area contributed by atoms with E-state index in [1.165, 1.54) is 37.8 Å². The van der Waals surface area contributed by atoms with Gasteiger partial charge >= 0.3 is 0 Å². The van der Waals surface area contributed by atoms with Crippen LogP contribution in [-0.4, -0.2) is 31.8 Å². The Bertz CT molecular complexity index is 432. The molecule has 1 saturated heterocycles. The summed E-state index contributed by atoms with van der Waals surface area (Å²) in [5, 5.41) is 3.81. The van der Waals surface area contributed by atoms with Crippen LogP contribution in [0.3, 0.4) is 0 Å². The lowest BCUT2D eigenvalue weighted by molar-refractivity contribution is 0.216. The molecule has 1 heterocycles.